The van der Waals surface area contributed by atoms with E-state index in [4.69, 9.17) is 19.7 Å². The molecule has 5 rings (SSSR count). The van der Waals surface area contributed by atoms with Gasteiger partial charge in [0, 0.05) is 16.7 Å². The molecule has 2 aromatic carbocycles. The molecule has 0 unspecified atom stereocenters. The van der Waals surface area contributed by atoms with Crippen molar-refractivity contribution in [3.05, 3.63) is 94.9 Å². The minimum atomic E-state index is -2.35. The second-order valence-corrected chi connectivity index (χ2v) is 16.6. The van der Waals surface area contributed by atoms with Gasteiger partial charge in [-0.1, -0.05) is 74.4 Å². The Bertz CT molecular complexity index is 1650. The van der Waals surface area contributed by atoms with E-state index in [9.17, 15) is 4.79 Å². The highest BCUT2D eigenvalue weighted by atomic mass is 28.4. The number of fused-ring (bicyclic) bond motifs is 1. The van der Waals surface area contributed by atoms with Gasteiger partial charge in [-0.15, -0.1) is 0 Å². The van der Waals surface area contributed by atoms with Crippen LogP contribution in [0.5, 0.6) is 0 Å². The molecule has 0 aliphatic carbocycles. The number of hydrogen-bond donors (Lipinski definition) is 1. The third-order valence-corrected chi connectivity index (χ3v) is 12.4. The fourth-order valence-electron chi connectivity index (χ4n) is 4.64. The lowest BCUT2D eigenvalue weighted by molar-refractivity contribution is -0.0285. The van der Waals surface area contributed by atoms with Gasteiger partial charge in [0.2, 0.25) is 0 Å². The van der Waals surface area contributed by atoms with Crippen molar-refractivity contribution in [1.82, 2.24) is 19.5 Å². The summed E-state index contributed by atoms with van der Waals surface area (Å²) in [6.45, 7) is 10.9. The predicted octanol–water partition coefficient (Wildman–Crippen LogP) is 6.16. The van der Waals surface area contributed by atoms with Crippen molar-refractivity contribution in [2.75, 3.05) is 11.9 Å². The van der Waals surface area contributed by atoms with E-state index >= 15 is 0 Å². The lowest BCUT2D eigenvalue weighted by Gasteiger charge is -2.40. The SMILES string of the molecule is CC(C)(C)[Si](C)(C)O[C@@H]1[C@H](/N=C/c2ccccc2)[C@@H](CN=[N+]=[N-])O[C@H]1n1cnc2c(NC(=O)c3ccccc3)ncnc21. The zero-order valence-electron chi connectivity index (χ0n) is 24.8. The number of aliphatic imine (C=N–C) groups is 1. The Kier molecular flexibility index (Phi) is 8.69. The molecule has 222 valence electrons. The van der Waals surface area contributed by atoms with Gasteiger partial charge in [0.15, 0.2) is 31.5 Å². The van der Waals surface area contributed by atoms with Crippen molar-refractivity contribution in [2.24, 2.45) is 10.1 Å². The molecular formula is C30H35N9O3Si. The zero-order valence-corrected chi connectivity index (χ0v) is 25.8. The topological polar surface area (TPSA) is 152 Å². The summed E-state index contributed by atoms with van der Waals surface area (Å²) in [5, 5.41) is 6.59. The smallest absolute Gasteiger partial charge is 0.256 e. The summed E-state index contributed by atoms with van der Waals surface area (Å²) in [6, 6.07) is 18.2. The summed E-state index contributed by atoms with van der Waals surface area (Å²) in [7, 11) is -2.35. The summed E-state index contributed by atoms with van der Waals surface area (Å²) in [5.74, 6) is -0.0297. The van der Waals surface area contributed by atoms with Crippen molar-refractivity contribution in [2.45, 2.75) is 63.4 Å². The first-order chi connectivity index (χ1) is 20.6. The molecule has 1 N–H and O–H groups in total. The van der Waals surface area contributed by atoms with E-state index in [0.717, 1.165) is 5.56 Å². The van der Waals surface area contributed by atoms with Crippen LogP contribution >= 0.6 is 0 Å². The minimum Gasteiger partial charge on any atom is -0.407 e. The van der Waals surface area contributed by atoms with Crippen LogP contribution in [0.15, 0.2) is 83.4 Å². The van der Waals surface area contributed by atoms with Crippen molar-refractivity contribution >= 4 is 37.4 Å². The van der Waals surface area contributed by atoms with E-state index < -0.39 is 32.8 Å². The number of carbonyl (C=O) groups excluding carboxylic acids is 1. The van der Waals surface area contributed by atoms with Crippen molar-refractivity contribution in [3.63, 3.8) is 0 Å². The second kappa shape index (κ2) is 12.4. The summed E-state index contributed by atoms with van der Waals surface area (Å²) < 4.78 is 15.4. The third kappa shape index (κ3) is 6.49. The van der Waals surface area contributed by atoms with Crippen LogP contribution in [-0.4, -0.2) is 64.8 Å². The number of nitrogens with one attached hydrogen (secondary N) is 1. The van der Waals surface area contributed by atoms with Crippen LogP contribution in [0.4, 0.5) is 5.82 Å². The first-order valence-corrected chi connectivity index (χ1v) is 17.0. The average molecular weight is 598 g/mol. The van der Waals surface area contributed by atoms with Crippen LogP contribution in [0, 0.1) is 0 Å². The molecule has 1 saturated heterocycles. The highest BCUT2D eigenvalue weighted by Crippen LogP contribution is 2.43. The normalized spacial score (nSPS) is 20.8. The molecule has 0 spiro atoms. The molecule has 43 heavy (non-hydrogen) atoms. The summed E-state index contributed by atoms with van der Waals surface area (Å²) in [4.78, 5) is 34.2. The maximum absolute atomic E-state index is 12.9. The van der Waals surface area contributed by atoms with Crippen LogP contribution in [0.3, 0.4) is 0 Å². The molecule has 0 bridgehead atoms. The van der Waals surface area contributed by atoms with Crippen LogP contribution in [0.1, 0.15) is 42.9 Å². The highest BCUT2D eigenvalue weighted by Gasteiger charge is 2.51. The molecule has 13 heteroatoms. The van der Waals surface area contributed by atoms with Gasteiger partial charge in [0.1, 0.15) is 18.5 Å². The van der Waals surface area contributed by atoms with Crippen LogP contribution in [0.25, 0.3) is 21.6 Å². The number of azide groups is 1. The molecule has 12 nitrogen and oxygen atoms in total. The fraction of sp³-hybridized carbons (Fsp3) is 0.367. The van der Waals surface area contributed by atoms with Crippen LogP contribution in [0.2, 0.25) is 18.1 Å². The standard InChI is InChI=1S/C30H35N9O3Si/c1-30(2,3)43(4,5)42-25-23(32-16-20-12-8-6-9-13-20)22(17-36-38-31)41-29(25)39-19-35-24-26(33-18-34-27(24)39)37-28(40)21-14-10-7-11-15-21/h6-16,18-19,22-23,25,29H,17H2,1-5H3,(H,33,34,37,40)/b32-16+/t22-,23-,25-,29-/m1/s1. The number of rotatable bonds is 9. The number of ether oxygens (including phenoxy) is 1. The second-order valence-electron chi connectivity index (χ2n) is 11.9. The summed E-state index contributed by atoms with van der Waals surface area (Å²) >= 11 is 0. The fourth-order valence-corrected chi connectivity index (χ4v) is 5.93. The lowest BCUT2D eigenvalue weighted by Crippen LogP contribution is -2.48. The number of amides is 1. The van der Waals surface area contributed by atoms with E-state index in [-0.39, 0.29) is 23.3 Å². The summed E-state index contributed by atoms with van der Waals surface area (Å²) in [5.41, 5.74) is 11.4. The van der Waals surface area contributed by atoms with Crippen LogP contribution in [-0.2, 0) is 9.16 Å². The van der Waals surface area contributed by atoms with Gasteiger partial charge in [-0.05, 0) is 41.4 Å². The highest BCUT2D eigenvalue weighted by molar-refractivity contribution is 6.74. The molecule has 0 saturated carbocycles. The Morgan fingerprint density at radius 2 is 1.81 bits per heavy atom. The molecule has 1 aliphatic heterocycles. The van der Waals surface area contributed by atoms with Gasteiger partial charge < -0.3 is 14.5 Å². The van der Waals surface area contributed by atoms with E-state index in [2.05, 4.69) is 64.2 Å². The number of aromatic nitrogens is 4. The minimum absolute atomic E-state index is 0.0706. The van der Waals surface area contributed by atoms with Gasteiger partial charge in [-0.25, -0.2) is 15.0 Å². The molecule has 3 heterocycles. The van der Waals surface area contributed by atoms with Crippen molar-refractivity contribution in [3.8, 4) is 0 Å². The van der Waals surface area contributed by atoms with Crippen molar-refractivity contribution < 1.29 is 14.0 Å². The number of hydrogen-bond acceptors (Lipinski definition) is 8. The number of carbonyl (C=O) groups is 1. The molecule has 2 aromatic heterocycles. The Balaban J connectivity index is 1.55. The van der Waals surface area contributed by atoms with Gasteiger partial charge in [-0.2, -0.15) is 0 Å². The van der Waals surface area contributed by atoms with Gasteiger partial charge in [-0.3, -0.25) is 14.4 Å². The number of benzene rings is 2. The largest absolute Gasteiger partial charge is 0.407 e. The Morgan fingerprint density at radius 1 is 1.12 bits per heavy atom. The first kappa shape index (κ1) is 30.0. The van der Waals surface area contributed by atoms with Gasteiger partial charge in [0.25, 0.3) is 5.91 Å². The Labute approximate surface area is 251 Å². The molecule has 1 fully saturated rings. The number of anilines is 1. The third-order valence-electron chi connectivity index (χ3n) is 7.97. The summed E-state index contributed by atoms with van der Waals surface area (Å²) in [6.07, 6.45) is 2.98. The molecule has 1 amide bonds. The zero-order chi connectivity index (χ0) is 30.6. The van der Waals surface area contributed by atoms with E-state index in [1.165, 1.54) is 6.33 Å². The molecular weight excluding hydrogens is 562 g/mol. The molecule has 0 radical (unpaired) electrons. The quantitative estimate of drug-likeness (QED) is 0.0801. The van der Waals surface area contributed by atoms with Gasteiger partial charge >= 0.3 is 0 Å². The number of nitrogens with zero attached hydrogens (tertiary/aromatic N) is 8. The lowest BCUT2D eigenvalue weighted by atomic mass is 10.1. The first-order valence-electron chi connectivity index (χ1n) is 14.1. The van der Waals surface area contributed by atoms with E-state index in [0.29, 0.717) is 16.7 Å². The molecule has 1 aliphatic rings. The van der Waals surface area contributed by atoms with Crippen LogP contribution < -0.4 is 5.32 Å². The van der Waals surface area contributed by atoms with E-state index in [1.54, 1.807) is 41.4 Å². The Hall–Kier alpha value is -4.42. The molecule has 4 atom stereocenters. The molecule has 4 aromatic rings. The maximum atomic E-state index is 12.9. The average Bonchev–Trinajstić information content (AvgIpc) is 3.56. The monoisotopic (exact) mass is 597 g/mol. The number of imidazole rings is 1. The predicted molar refractivity (Wildman–Crippen MR) is 168 cm³/mol. The maximum Gasteiger partial charge on any atom is 0.256 e. The van der Waals surface area contributed by atoms with Crippen molar-refractivity contribution in [1.29, 1.82) is 0 Å². The van der Waals surface area contributed by atoms with Gasteiger partial charge in [0.05, 0.1) is 19.0 Å². The van der Waals surface area contributed by atoms with E-state index in [1.807, 2.05) is 36.4 Å². The Morgan fingerprint density at radius 3 is 2.49 bits per heavy atom.